The van der Waals surface area contributed by atoms with Gasteiger partial charge in [0.25, 0.3) is 15.6 Å². The van der Waals surface area contributed by atoms with E-state index in [9.17, 15) is 22.4 Å². The topological polar surface area (TPSA) is 89.0 Å². The lowest BCUT2D eigenvalue weighted by Gasteiger charge is -2.02. The number of rotatable bonds is 3. The van der Waals surface area contributed by atoms with Crippen molar-refractivity contribution in [2.45, 2.75) is 0 Å². The van der Waals surface area contributed by atoms with Crippen LogP contribution in [0.5, 0.6) is 0 Å². The highest BCUT2D eigenvalue weighted by molar-refractivity contribution is 7.92. The Morgan fingerprint density at radius 1 is 1.15 bits per heavy atom. The Balaban J connectivity index is 2.47. The first-order valence-corrected chi connectivity index (χ1v) is 6.91. The first-order chi connectivity index (χ1) is 9.40. The zero-order chi connectivity index (χ0) is 14.8. The van der Waals surface area contributed by atoms with Gasteiger partial charge >= 0.3 is 5.69 Å². The van der Waals surface area contributed by atoms with Crippen LogP contribution in [-0.2, 0) is 10.0 Å². The summed E-state index contributed by atoms with van der Waals surface area (Å²) in [6, 6.07) is 8.48. The summed E-state index contributed by atoms with van der Waals surface area (Å²) in [6.07, 6.45) is 1.59. The molecule has 0 saturated carbocycles. The van der Waals surface area contributed by atoms with Gasteiger partial charge in [-0.15, -0.1) is 0 Å². The van der Waals surface area contributed by atoms with Gasteiger partial charge in [-0.25, -0.2) is 13.2 Å². The van der Waals surface area contributed by atoms with Gasteiger partial charge in [0.2, 0.25) is 5.82 Å². The summed E-state index contributed by atoms with van der Waals surface area (Å²) >= 11 is 0. The van der Waals surface area contributed by atoms with E-state index in [0.717, 1.165) is 5.41 Å². The molecule has 1 aromatic carbocycles. The van der Waals surface area contributed by atoms with E-state index in [0.29, 0.717) is 11.8 Å². The van der Waals surface area contributed by atoms with Crippen LogP contribution in [0.1, 0.15) is 5.56 Å². The first-order valence-electron chi connectivity index (χ1n) is 5.40. The van der Waals surface area contributed by atoms with Crippen LogP contribution in [0.3, 0.4) is 0 Å². The molecule has 104 valence electrons. The summed E-state index contributed by atoms with van der Waals surface area (Å²) in [5, 5.41) is 0.751. The summed E-state index contributed by atoms with van der Waals surface area (Å²) in [5.41, 5.74) is -1.91. The molecule has 6 nitrogen and oxygen atoms in total. The van der Waals surface area contributed by atoms with Crippen molar-refractivity contribution in [1.29, 1.82) is 0 Å². The zero-order valence-electron chi connectivity index (χ0n) is 9.99. The van der Waals surface area contributed by atoms with Crippen molar-refractivity contribution in [3.8, 4) is 0 Å². The van der Waals surface area contributed by atoms with E-state index in [2.05, 4.69) is 0 Å². The molecular weight excluding hydrogens is 287 g/mol. The molecule has 1 aromatic heterocycles. The summed E-state index contributed by atoms with van der Waals surface area (Å²) in [6.45, 7) is 0. The van der Waals surface area contributed by atoms with Gasteiger partial charge < -0.3 is 0 Å². The van der Waals surface area contributed by atoms with Gasteiger partial charge in [0.1, 0.15) is 0 Å². The third-order valence-electron chi connectivity index (χ3n) is 2.37. The number of halogens is 1. The van der Waals surface area contributed by atoms with Crippen LogP contribution in [0.15, 0.2) is 51.5 Å². The van der Waals surface area contributed by atoms with Crippen molar-refractivity contribution < 1.29 is 12.8 Å². The van der Waals surface area contributed by atoms with Gasteiger partial charge in [-0.05, 0) is 11.6 Å². The second kappa shape index (κ2) is 5.25. The normalized spacial score (nSPS) is 11.8. The van der Waals surface area contributed by atoms with Gasteiger partial charge in [-0.2, -0.15) is 8.36 Å². The molecule has 0 spiro atoms. The highest BCUT2D eigenvalue weighted by Gasteiger charge is 2.14. The van der Waals surface area contributed by atoms with E-state index in [1.165, 1.54) is 6.08 Å². The molecule has 1 heterocycles. The fourth-order valence-corrected chi connectivity index (χ4v) is 2.39. The van der Waals surface area contributed by atoms with Crippen molar-refractivity contribution in [2.24, 2.45) is 0 Å². The predicted octanol–water partition coefficient (Wildman–Crippen LogP) is 0.524. The maximum atomic E-state index is 13.1. The van der Waals surface area contributed by atoms with E-state index >= 15 is 0 Å². The molecular formula is C12H9FN2O4S. The average Bonchev–Trinajstić information content (AvgIpc) is 2.42. The zero-order valence-corrected chi connectivity index (χ0v) is 10.8. The highest BCUT2D eigenvalue weighted by atomic mass is 32.2. The van der Waals surface area contributed by atoms with Crippen molar-refractivity contribution in [3.05, 3.63) is 74.2 Å². The first kappa shape index (κ1) is 13.9. The summed E-state index contributed by atoms with van der Waals surface area (Å²) in [5.74, 6) is -1.36. The summed E-state index contributed by atoms with van der Waals surface area (Å²) in [7, 11) is -4.21. The molecule has 0 aliphatic carbocycles. The smallest absolute Gasteiger partial charge is 0.271 e. The minimum atomic E-state index is -4.21. The van der Waals surface area contributed by atoms with Crippen molar-refractivity contribution in [3.63, 3.8) is 0 Å². The van der Waals surface area contributed by atoms with Crippen LogP contribution in [0.2, 0.25) is 0 Å². The quantitative estimate of drug-likeness (QED) is 0.894. The largest absolute Gasteiger partial charge is 0.342 e. The molecule has 0 saturated heterocycles. The lowest BCUT2D eigenvalue weighted by Crippen LogP contribution is -2.34. The summed E-state index contributed by atoms with van der Waals surface area (Å²) < 4.78 is 36.9. The molecule has 0 bridgehead atoms. The third-order valence-corrected chi connectivity index (χ3v) is 3.67. The summed E-state index contributed by atoms with van der Waals surface area (Å²) in [4.78, 5) is 23.8. The van der Waals surface area contributed by atoms with Gasteiger partial charge in [0, 0.05) is 0 Å². The molecule has 2 aromatic rings. The van der Waals surface area contributed by atoms with Crippen molar-refractivity contribution in [1.82, 2.24) is 8.96 Å². The highest BCUT2D eigenvalue weighted by Crippen LogP contribution is 2.04. The number of H-pyrrole nitrogens is 1. The molecule has 1 N–H and O–H groups in total. The number of aromatic amines is 1. The second-order valence-corrected chi connectivity index (χ2v) is 5.49. The minimum absolute atomic E-state index is 0.128. The van der Waals surface area contributed by atoms with E-state index in [-0.39, 0.29) is 3.97 Å². The lowest BCUT2D eigenvalue weighted by atomic mass is 10.2. The van der Waals surface area contributed by atoms with Crippen LogP contribution >= 0.6 is 0 Å². The Kier molecular flexibility index (Phi) is 3.66. The molecule has 0 fully saturated rings. The molecule has 0 amide bonds. The molecule has 8 heteroatoms. The van der Waals surface area contributed by atoms with E-state index in [4.69, 9.17) is 0 Å². The van der Waals surface area contributed by atoms with Crippen LogP contribution in [0.4, 0.5) is 4.39 Å². The number of aromatic nitrogens is 2. The van der Waals surface area contributed by atoms with Crippen LogP contribution in [0, 0.1) is 5.82 Å². The SMILES string of the molecule is O=c1[nH]c(=O)n(S(=O)(=O)/C=C/c2ccccc2)cc1F. The van der Waals surface area contributed by atoms with Crippen molar-refractivity contribution in [2.75, 3.05) is 0 Å². The van der Waals surface area contributed by atoms with Crippen LogP contribution < -0.4 is 11.2 Å². The number of benzene rings is 1. The second-order valence-electron chi connectivity index (χ2n) is 3.79. The van der Waals surface area contributed by atoms with E-state index in [1.54, 1.807) is 35.3 Å². The fraction of sp³-hybridized carbons (Fsp3) is 0. The lowest BCUT2D eigenvalue weighted by molar-refractivity contribution is 0.570. The molecule has 0 aliphatic heterocycles. The molecule has 20 heavy (non-hydrogen) atoms. The molecule has 0 unspecified atom stereocenters. The Morgan fingerprint density at radius 3 is 2.45 bits per heavy atom. The van der Waals surface area contributed by atoms with Gasteiger partial charge in [0.15, 0.2) is 0 Å². The number of nitrogens with one attached hydrogen (secondary N) is 1. The maximum absolute atomic E-state index is 13.1. The van der Waals surface area contributed by atoms with Crippen molar-refractivity contribution >= 4 is 16.1 Å². The molecule has 0 aliphatic rings. The van der Waals surface area contributed by atoms with E-state index in [1.807, 2.05) is 0 Å². The average molecular weight is 296 g/mol. The van der Waals surface area contributed by atoms with Gasteiger partial charge in [-0.1, -0.05) is 30.3 Å². The molecule has 2 rings (SSSR count). The van der Waals surface area contributed by atoms with E-state index < -0.39 is 27.1 Å². The standard InChI is InChI=1S/C12H9FN2O4S/c13-10-8-15(12(17)14-11(10)16)20(18,19)7-6-9-4-2-1-3-5-9/h1-8H,(H,14,16,17)/b7-6+. The number of hydrogen-bond donors (Lipinski definition) is 1. The fourth-order valence-electron chi connectivity index (χ4n) is 1.42. The number of hydrogen-bond acceptors (Lipinski definition) is 4. The molecule has 0 atom stereocenters. The van der Waals surface area contributed by atoms with Crippen LogP contribution in [-0.4, -0.2) is 17.4 Å². The molecule has 0 radical (unpaired) electrons. The monoisotopic (exact) mass is 296 g/mol. The predicted molar refractivity (Wildman–Crippen MR) is 71.1 cm³/mol. The third kappa shape index (κ3) is 2.91. The van der Waals surface area contributed by atoms with Gasteiger partial charge in [-0.3, -0.25) is 9.78 Å². The Hall–Kier alpha value is -2.48. The number of nitrogens with zero attached hydrogens (tertiary/aromatic N) is 1. The minimum Gasteiger partial charge on any atom is -0.271 e. The van der Waals surface area contributed by atoms with Crippen LogP contribution in [0.25, 0.3) is 6.08 Å². The van der Waals surface area contributed by atoms with Gasteiger partial charge in [0.05, 0.1) is 11.6 Å². The Bertz CT molecular complexity index is 866. The maximum Gasteiger partial charge on any atom is 0.342 e. The Labute approximate surface area is 112 Å². The Morgan fingerprint density at radius 2 is 1.80 bits per heavy atom.